The summed E-state index contributed by atoms with van der Waals surface area (Å²) in [6.07, 6.45) is 3.65. The van der Waals surface area contributed by atoms with E-state index >= 15 is 0 Å². The summed E-state index contributed by atoms with van der Waals surface area (Å²) in [5, 5.41) is 13.0. The fraction of sp³-hybridized carbons (Fsp3) is 0.200. The molecule has 4 nitrogen and oxygen atoms in total. The van der Waals surface area contributed by atoms with Gasteiger partial charge in [0.25, 0.3) is 0 Å². The van der Waals surface area contributed by atoms with Crippen molar-refractivity contribution in [3.05, 3.63) is 46.8 Å². The third kappa shape index (κ3) is 1.74. The fourth-order valence-corrected chi connectivity index (χ4v) is 3.51. The molecule has 1 fully saturated rings. The van der Waals surface area contributed by atoms with Gasteiger partial charge in [-0.25, -0.2) is 0 Å². The number of fused-ring (bicyclic) bond motifs is 1. The molecule has 1 aliphatic carbocycles. The van der Waals surface area contributed by atoms with E-state index in [9.17, 15) is 4.79 Å². The molecule has 0 unspecified atom stereocenters. The first-order chi connectivity index (χ1) is 9.78. The van der Waals surface area contributed by atoms with Crippen LogP contribution in [-0.4, -0.2) is 16.1 Å². The van der Waals surface area contributed by atoms with Crippen LogP contribution in [0.25, 0.3) is 10.9 Å². The van der Waals surface area contributed by atoms with Crippen molar-refractivity contribution < 1.29 is 4.79 Å². The minimum atomic E-state index is -0.295. The second kappa shape index (κ2) is 4.18. The monoisotopic (exact) mass is 283 g/mol. The zero-order valence-electron chi connectivity index (χ0n) is 10.7. The van der Waals surface area contributed by atoms with Crippen molar-refractivity contribution in [3.8, 4) is 0 Å². The number of anilines is 1. The largest absolute Gasteiger partial charge is 0.325 e. The van der Waals surface area contributed by atoms with Crippen LogP contribution >= 0.6 is 11.3 Å². The van der Waals surface area contributed by atoms with E-state index in [1.807, 2.05) is 29.6 Å². The van der Waals surface area contributed by atoms with Crippen molar-refractivity contribution in [2.24, 2.45) is 0 Å². The first kappa shape index (κ1) is 11.7. The predicted molar refractivity (Wildman–Crippen MR) is 80.0 cm³/mol. The van der Waals surface area contributed by atoms with E-state index in [0.717, 1.165) is 34.3 Å². The summed E-state index contributed by atoms with van der Waals surface area (Å²) in [6, 6.07) is 9.85. The number of amides is 1. The molecule has 2 N–H and O–H groups in total. The normalized spacial score (nSPS) is 16.2. The van der Waals surface area contributed by atoms with E-state index in [1.54, 1.807) is 17.5 Å². The molecular formula is C15H13N3OS. The molecule has 0 bridgehead atoms. The van der Waals surface area contributed by atoms with Crippen molar-refractivity contribution in [3.63, 3.8) is 0 Å². The minimum absolute atomic E-state index is 0.0961. The van der Waals surface area contributed by atoms with E-state index < -0.39 is 0 Å². The van der Waals surface area contributed by atoms with Crippen molar-refractivity contribution in [1.82, 2.24) is 10.2 Å². The number of aromatic amines is 1. The Bertz CT molecular complexity index is 771. The molecule has 0 atom stereocenters. The van der Waals surface area contributed by atoms with Crippen LogP contribution in [0.1, 0.15) is 17.7 Å². The van der Waals surface area contributed by atoms with Crippen LogP contribution in [0.2, 0.25) is 0 Å². The summed E-state index contributed by atoms with van der Waals surface area (Å²) >= 11 is 1.66. The van der Waals surface area contributed by atoms with Gasteiger partial charge in [0, 0.05) is 16.0 Å². The van der Waals surface area contributed by atoms with E-state index in [-0.39, 0.29) is 11.3 Å². The van der Waals surface area contributed by atoms with Gasteiger partial charge in [-0.3, -0.25) is 9.89 Å². The van der Waals surface area contributed by atoms with Gasteiger partial charge in [-0.05, 0) is 42.5 Å². The van der Waals surface area contributed by atoms with Crippen molar-refractivity contribution in [2.75, 3.05) is 5.32 Å². The van der Waals surface area contributed by atoms with Gasteiger partial charge in [-0.2, -0.15) is 5.10 Å². The molecule has 0 spiro atoms. The SMILES string of the molecule is O=C(Nc1ccc2cn[nH]c2c1)C1(c2cccs2)CC1. The number of nitrogens with zero attached hydrogens (tertiary/aromatic N) is 1. The number of carbonyl (C=O) groups excluding carboxylic acids is 1. The van der Waals surface area contributed by atoms with E-state index in [2.05, 4.69) is 21.6 Å². The van der Waals surface area contributed by atoms with Gasteiger partial charge in [0.15, 0.2) is 0 Å². The highest BCUT2D eigenvalue weighted by Crippen LogP contribution is 2.50. The Morgan fingerprint density at radius 1 is 1.35 bits per heavy atom. The number of rotatable bonds is 3. The molecule has 1 saturated carbocycles. The van der Waals surface area contributed by atoms with Gasteiger partial charge in [0.2, 0.25) is 5.91 Å². The zero-order valence-corrected chi connectivity index (χ0v) is 11.5. The molecule has 1 amide bonds. The number of carbonyl (C=O) groups is 1. The average molecular weight is 283 g/mol. The fourth-order valence-electron chi connectivity index (χ4n) is 2.53. The molecule has 0 saturated heterocycles. The summed E-state index contributed by atoms with van der Waals surface area (Å²) < 4.78 is 0. The Morgan fingerprint density at radius 3 is 3.00 bits per heavy atom. The molecule has 5 heteroatoms. The van der Waals surface area contributed by atoms with Gasteiger partial charge in [0.1, 0.15) is 0 Å². The number of aromatic nitrogens is 2. The number of nitrogens with one attached hydrogen (secondary N) is 2. The van der Waals surface area contributed by atoms with E-state index in [4.69, 9.17) is 0 Å². The Balaban J connectivity index is 1.61. The van der Waals surface area contributed by atoms with Crippen LogP contribution in [0, 0.1) is 0 Å². The Hall–Kier alpha value is -2.14. The molecule has 3 aromatic rings. The Morgan fingerprint density at radius 2 is 2.25 bits per heavy atom. The molecule has 20 heavy (non-hydrogen) atoms. The number of hydrogen-bond donors (Lipinski definition) is 2. The highest BCUT2D eigenvalue weighted by molar-refractivity contribution is 7.10. The summed E-state index contributed by atoms with van der Waals surface area (Å²) in [5.41, 5.74) is 1.45. The number of H-pyrrole nitrogens is 1. The lowest BCUT2D eigenvalue weighted by atomic mass is 10.0. The molecular weight excluding hydrogens is 270 g/mol. The molecule has 0 radical (unpaired) electrons. The topological polar surface area (TPSA) is 57.8 Å². The van der Waals surface area contributed by atoms with Gasteiger partial charge in [-0.1, -0.05) is 6.07 Å². The zero-order chi connectivity index (χ0) is 13.6. The molecule has 2 heterocycles. The summed E-state index contributed by atoms with van der Waals surface area (Å²) in [4.78, 5) is 13.7. The van der Waals surface area contributed by atoms with E-state index in [1.165, 1.54) is 0 Å². The van der Waals surface area contributed by atoms with Crippen molar-refractivity contribution >= 4 is 33.8 Å². The van der Waals surface area contributed by atoms with Crippen LogP contribution in [0.4, 0.5) is 5.69 Å². The molecule has 0 aliphatic heterocycles. The molecule has 4 rings (SSSR count). The quantitative estimate of drug-likeness (QED) is 0.775. The first-order valence-corrected chi connectivity index (χ1v) is 7.44. The van der Waals surface area contributed by atoms with Crippen LogP contribution in [0.15, 0.2) is 41.9 Å². The Kier molecular flexibility index (Phi) is 2.44. The summed E-state index contributed by atoms with van der Waals surface area (Å²) in [5.74, 6) is 0.0961. The maximum absolute atomic E-state index is 12.5. The average Bonchev–Trinajstić information content (AvgIpc) is 2.91. The molecule has 2 aromatic heterocycles. The standard InChI is InChI=1S/C15H13N3OS/c19-14(15(5-6-15)13-2-1-7-20-13)17-11-4-3-10-9-16-18-12(10)8-11/h1-4,7-9H,5-6H2,(H,16,18)(H,17,19). The second-order valence-corrected chi connectivity index (χ2v) is 6.13. The molecule has 1 aromatic carbocycles. The predicted octanol–water partition coefficient (Wildman–Crippen LogP) is 3.29. The summed E-state index contributed by atoms with van der Waals surface area (Å²) in [7, 11) is 0. The van der Waals surface area contributed by atoms with Gasteiger partial charge in [0.05, 0.1) is 17.1 Å². The van der Waals surface area contributed by atoms with Crippen molar-refractivity contribution in [1.29, 1.82) is 0 Å². The smallest absolute Gasteiger partial charge is 0.235 e. The van der Waals surface area contributed by atoms with Crippen LogP contribution in [-0.2, 0) is 10.2 Å². The van der Waals surface area contributed by atoms with Crippen molar-refractivity contribution in [2.45, 2.75) is 18.3 Å². The lowest BCUT2D eigenvalue weighted by Crippen LogP contribution is -2.26. The van der Waals surface area contributed by atoms with Crippen LogP contribution in [0.3, 0.4) is 0 Å². The third-order valence-electron chi connectivity index (χ3n) is 3.88. The molecule has 100 valence electrons. The lowest BCUT2D eigenvalue weighted by Gasteiger charge is -2.13. The lowest BCUT2D eigenvalue weighted by molar-refractivity contribution is -0.118. The van der Waals surface area contributed by atoms with Gasteiger partial charge < -0.3 is 5.32 Å². The number of hydrogen-bond acceptors (Lipinski definition) is 3. The number of thiophene rings is 1. The third-order valence-corrected chi connectivity index (χ3v) is 4.95. The highest BCUT2D eigenvalue weighted by atomic mass is 32.1. The van der Waals surface area contributed by atoms with Crippen LogP contribution < -0.4 is 5.32 Å². The first-order valence-electron chi connectivity index (χ1n) is 6.56. The maximum Gasteiger partial charge on any atom is 0.235 e. The minimum Gasteiger partial charge on any atom is -0.325 e. The summed E-state index contributed by atoms with van der Waals surface area (Å²) in [6.45, 7) is 0. The van der Waals surface area contributed by atoms with E-state index in [0.29, 0.717) is 0 Å². The van der Waals surface area contributed by atoms with Gasteiger partial charge in [-0.15, -0.1) is 11.3 Å². The molecule has 1 aliphatic rings. The van der Waals surface area contributed by atoms with Gasteiger partial charge >= 0.3 is 0 Å². The second-order valence-electron chi connectivity index (χ2n) is 5.19. The van der Waals surface area contributed by atoms with Crippen LogP contribution in [0.5, 0.6) is 0 Å². The number of benzene rings is 1. The Labute approximate surface area is 119 Å². The highest BCUT2D eigenvalue weighted by Gasteiger charge is 2.52. The maximum atomic E-state index is 12.5.